The molecule has 1 heterocycles. The summed E-state index contributed by atoms with van der Waals surface area (Å²) in [5, 5.41) is 17.9. The Balaban J connectivity index is 2.30. The molecule has 0 spiro atoms. The van der Waals surface area contributed by atoms with E-state index in [1.54, 1.807) is 6.20 Å². The zero-order chi connectivity index (χ0) is 29.1. The highest BCUT2D eigenvalue weighted by atomic mass is 32.2. The number of fused-ring (bicyclic) bond motifs is 1. The van der Waals surface area contributed by atoms with Gasteiger partial charge in [-0.25, -0.2) is 4.79 Å². The summed E-state index contributed by atoms with van der Waals surface area (Å²) in [7, 11) is 0. The lowest BCUT2D eigenvalue weighted by Crippen LogP contribution is -2.58. The first kappa shape index (κ1) is 31.6. The van der Waals surface area contributed by atoms with Crippen molar-refractivity contribution in [2.45, 2.75) is 63.7 Å². The Bertz CT molecular complexity index is 1170. The summed E-state index contributed by atoms with van der Waals surface area (Å²) in [5.41, 5.74) is 12.9. The number of nitrogens with two attached hydrogens (primary N) is 2. The number of hydrogen-bond donors (Lipinski definition) is 7. The highest BCUT2D eigenvalue weighted by Gasteiger charge is 2.32. The third-order valence-corrected chi connectivity index (χ3v) is 7.20. The zero-order valence-corrected chi connectivity index (χ0v) is 23.2. The monoisotopic (exact) mass is 562 g/mol. The Morgan fingerprint density at radius 2 is 1.62 bits per heavy atom. The van der Waals surface area contributed by atoms with E-state index in [4.69, 9.17) is 11.5 Å². The lowest BCUT2D eigenvalue weighted by atomic mass is 9.98. The third-order valence-electron chi connectivity index (χ3n) is 6.56. The Morgan fingerprint density at radius 3 is 2.23 bits per heavy atom. The number of aromatic nitrogens is 1. The normalized spacial score (nSPS) is 15.0. The maximum absolute atomic E-state index is 13.5. The van der Waals surface area contributed by atoms with Crippen LogP contribution in [-0.4, -0.2) is 75.9 Å². The molecule has 0 fully saturated rings. The number of thioether (sulfide) groups is 1. The second-order valence-electron chi connectivity index (χ2n) is 9.45. The van der Waals surface area contributed by atoms with Crippen LogP contribution in [0.15, 0.2) is 30.5 Å². The van der Waals surface area contributed by atoms with Gasteiger partial charge in [0.15, 0.2) is 0 Å². The van der Waals surface area contributed by atoms with Gasteiger partial charge in [0.05, 0.1) is 12.5 Å². The van der Waals surface area contributed by atoms with Crippen LogP contribution in [0.25, 0.3) is 10.9 Å². The topological polar surface area (TPSA) is 209 Å². The Hall–Kier alpha value is -3.58. The smallest absolute Gasteiger partial charge is 0.326 e. The maximum Gasteiger partial charge on any atom is 0.326 e. The number of aromatic amines is 1. The molecule has 0 saturated heterocycles. The molecule has 0 aliphatic heterocycles. The minimum Gasteiger partial charge on any atom is -0.480 e. The molecule has 2 rings (SSSR count). The predicted molar refractivity (Wildman–Crippen MR) is 150 cm³/mol. The van der Waals surface area contributed by atoms with Crippen LogP contribution in [0.5, 0.6) is 0 Å². The van der Waals surface area contributed by atoms with Gasteiger partial charge in [0.2, 0.25) is 23.6 Å². The molecule has 0 saturated carbocycles. The number of primary amides is 1. The number of carbonyl (C=O) groups is 5. The number of nitrogens with one attached hydrogen (secondary N) is 4. The summed E-state index contributed by atoms with van der Waals surface area (Å²) in [6.07, 6.45) is 3.94. The molecule has 39 heavy (non-hydrogen) atoms. The van der Waals surface area contributed by atoms with Crippen LogP contribution >= 0.6 is 11.8 Å². The summed E-state index contributed by atoms with van der Waals surface area (Å²) in [5.74, 6) is -3.88. The van der Waals surface area contributed by atoms with Gasteiger partial charge in [0.25, 0.3) is 0 Å². The number of hydrogen-bond acceptors (Lipinski definition) is 7. The maximum atomic E-state index is 13.5. The first-order chi connectivity index (χ1) is 18.5. The lowest BCUT2D eigenvalue weighted by Gasteiger charge is -2.26. The molecule has 214 valence electrons. The van der Waals surface area contributed by atoms with Gasteiger partial charge in [-0.3, -0.25) is 19.2 Å². The molecule has 9 N–H and O–H groups in total. The minimum absolute atomic E-state index is 0.116. The molecule has 5 unspecified atom stereocenters. The number of carbonyl (C=O) groups excluding carboxylic acids is 4. The number of benzene rings is 1. The molecule has 0 bridgehead atoms. The van der Waals surface area contributed by atoms with Crippen molar-refractivity contribution in [3.8, 4) is 0 Å². The van der Waals surface area contributed by atoms with Crippen molar-refractivity contribution in [3.05, 3.63) is 36.0 Å². The molecule has 1 aromatic heterocycles. The Kier molecular flexibility index (Phi) is 12.3. The number of carboxylic acids is 1. The number of H-pyrrole nitrogens is 1. The fourth-order valence-corrected chi connectivity index (χ4v) is 4.43. The Morgan fingerprint density at radius 1 is 1.00 bits per heavy atom. The number of rotatable bonds is 16. The van der Waals surface area contributed by atoms with E-state index in [9.17, 15) is 29.1 Å². The van der Waals surface area contributed by atoms with Gasteiger partial charge in [0.1, 0.15) is 18.1 Å². The first-order valence-electron chi connectivity index (χ1n) is 12.7. The van der Waals surface area contributed by atoms with E-state index in [2.05, 4.69) is 20.9 Å². The second kappa shape index (κ2) is 15.1. The summed E-state index contributed by atoms with van der Waals surface area (Å²) in [6.45, 7) is 3.75. The molecule has 1 aromatic carbocycles. The van der Waals surface area contributed by atoms with E-state index in [1.165, 1.54) is 11.8 Å². The lowest BCUT2D eigenvalue weighted by molar-refractivity contribution is -0.143. The van der Waals surface area contributed by atoms with E-state index < -0.39 is 60.2 Å². The van der Waals surface area contributed by atoms with Crippen LogP contribution in [0.4, 0.5) is 0 Å². The van der Waals surface area contributed by atoms with Crippen LogP contribution in [-0.2, 0) is 30.4 Å². The van der Waals surface area contributed by atoms with Gasteiger partial charge in [-0.2, -0.15) is 11.8 Å². The van der Waals surface area contributed by atoms with Gasteiger partial charge in [-0.15, -0.1) is 0 Å². The van der Waals surface area contributed by atoms with Crippen molar-refractivity contribution < 1.29 is 29.1 Å². The average Bonchev–Trinajstić information content (AvgIpc) is 3.31. The number of carboxylic acid groups (broad SMARTS) is 1. The molecule has 13 heteroatoms. The average molecular weight is 563 g/mol. The fourth-order valence-electron chi connectivity index (χ4n) is 3.96. The van der Waals surface area contributed by atoms with Crippen LogP contribution < -0.4 is 27.4 Å². The number of para-hydroxylation sites is 1. The largest absolute Gasteiger partial charge is 0.480 e. The van der Waals surface area contributed by atoms with Crippen molar-refractivity contribution in [2.75, 3.05) is 12.0 Å². The van der Waals surface area contributed by atoms with Crippen molar-refractivity contribution in [1.29, 1.82) is 0 Å². The van der Waals surface area contributed by atoms with E-state index >= 15 is 0 Å². The third kappa shape index (κ3) is 9.29. The van der Waals surface area contributed by atoms with Gasteiger partial charge in [0, 0.05) is 23.5 Å². The molecule has 4 amide bonds. The molecular weight excluding hydrogens is 524 g/mol. The molecule has 0 aliphatic rings. The summed E-state index contributed by atoms with van der Waals surface area (Å²) >= 11 is 1.43. The summed E-state index contributed by atoms with van der Waals surface area (Å²) in [6, 6.07) is 2.94. The van der Waals surface area contributed by atoms with Crippen molar-refractivity contribution >= 4 is 52.3 Å². The fraction of sp³-hybridized carbons (Fsp3) is 0.500. The highest BCUT2D eigenvalue weighted by Crippen LogP contribution is 2.19. The van der Waals surface area contributed by atoms with Crippen molar-refractivity contribution in [2.24, 2.45) is 17.4 Å². The quantitative estimate of drug-likeness (QED) is 0.150. The molecule has 2 aromatic rings. The van der Waals surface area contributed by atoms with E-state index in [1.807, 2.05) is 44.4 Å². The van der Waals surface area contributed by atoms with Gasteiger partial charge >= 0.3 is 5.97 Å². The van der Waals surface area contributed by atoms with Gasteiger partial charge in [-0.05, 0) is 36.0 Å². The van der Waals surface area contributed by atoms with E-state index in [0.717, 1.165) is 16.5 Å². The minimum atomic E-state index is -1.54. The van der Waals surface area contributed by atoms with Gasteiger partial charge < -0.3 is 37.5 Å². The Labute approximate surface area is 231 Å². The molecule has 5 atom stereocenters. The molecule has 0 aliphatic carbocycles. The van der Waals surface area contributed by atoms with Crippen LogP contribution in [0.2, 0.25) is 0 Å². The van der Waals surface area contributed by atoms with E-state index in [0.29, 0.717) is 12.2 Å². The summed E-state index contributed by atoms with van der Waals surface area (Å²) in [4.78, 5) is 65.4. The molecule has 0 radical (unpaired) electrons. The van der Waals surface area contributed by atoms with Crippen molar-refractivity contribution in [1.82, 2.24) is 20.9 Å². The molecular formula is C26H38N6O6S. The zero-order valence-electron chi connectivity index (χ0n) is 22.4. The number of aliphatic carboxylic acids is 1. The first-order valence-corrected chi connectivity index (χ1v) is 14.1. The summed E-state index contributed by atoms with van der Waals surface area (Å²) < 4.78 is 0. The van der Waals surface area contributed by atoms with Crippen LogP contribution in [0, 0.1) is 5.92 Å². The highest BCUT2D eigenvalue weighted by molar-refractivity contribution is 7.98. The SMILES string of the molecule is CCC(C)C(N)C(=O)NC(Cc1c[nH]c2ccccc12)C(=O)NC(CCSC)C(=O)NC(CC(N)=O)C(=O)O. The van der Waals surface area contributed by atoms with Crippen LogP contribution in [0.3, 0.4) is 0 Å². The van der Waals surface area contributed by atoms with Crippen LogP contribution in [0.1, 0.15) is 38.7 Å². The number of amides is 4. The van der Waals surface area contributed by atoms with Gasteiger partial charge in [-0.1, -0.05) is 38.5 Å². The second-order valence-corrected chi connectivity index (χ2v) is 10.4. The standard InChI is InChI=1S/C26H38N6O6S/c1-4-14(2)22(28)25(36)31-19(11-15-13-29-17-8-6-5-7-16(15)17)24(35)30-18(9-10-39-3)23(34)32-20(26(37)38)12-21(27)33/h5-8,13-14,18-20,22,29H,4,9-12,28H2,1-3H3,(H2,27,33)(H,30,35)(H,31,36)(H,32,34)(H,37,38). The predicted octanol–water partition coefficient (Wildman–Crippen LogP) is 0.251. The van der Waals surface area contributed by atoms with E-state index in [-0.39, 0.29) is 18.8 Å². The van der Waals surface area contributed by atoms with Crippen molar-refractivity contribution in [3.63, 3.8) is 0 Å². The molecule has 12 nitrogen and oxygen atoms in total.